The lowest BCUT2D eigenvalue weighted by Gasteiger charge is -2.02. The Labute approximate surface area is 81.8 Å². The second-order valence-electron chi connectivity index (χ2n) is 2.83. The lowest BCUT2D eigenvalue weighted by Crippen LogP contribution is -2.06. The zero-order chi connectivity index (χ0) is 9.80. The smallest absolute Gasteiger partial charge is 0.0930 e. The highest BCUT2D eigenvalue weighted by atomic mass is 15.2. The maximum Gasteiger partial charge on any atom is 0.0930 e. The summed E-state index contributed by atoms with van der Waals surface area (Å²) in [6.07, 6.45) is 1.65. The molecular weight excluding hydrogens is 176 g/mol. The fourth-order valence-corrected chi connectivity index (χ4v) is 1.22. The van der Waals surface area contributed by atoms with Crippen molar-refractivity contribution in [2.24, 2.45) is 5.84 Å². The molecule has 0 atom stereocenters. The van der Waals surface area contributed by atoms with Crippen molar-refractivity contribution >= 4 is 5.69 Å². The van der Waals surface area contributed by atoms with Crippen molar-refractivity contribution in [1.29, 1.82) is 0 Å². The Morgan fingerprint density at radius 1 is 1.14 bits per heavy atom. The van der Waals surface area contributed by atoms with Crippen LogP contribution in [0.25, 0.3) is 11.3 Å². The third kappa shape index (κ3) is 1.70. The van der Waals surface area contributed by atoms with Gasteiger partial charge in [0.25, 0.3) is 0 Å². The number of hydrogen-bond acceptors (Lipinski definition) is 4. The van der Waals surface area contributed by atoms with Gasteiger partial charge in [-0.05, 0) is 24.3 Å². The van der Waals surface area contributed by atoms with Crippen molar-refractivity contribution in [2.75, 3.05) is 5.43 Å². The number of nitrogens with one attached hydrogen (secondary N) is 1. The summed E-state index contributed by atoms with van der Waals surface area (Å²) in [6.45, 7) is 0. The molecule has 2 aromatic rings. The summed E-state index contributed by atoms with van der Waals surface area (Å²) in [5.41, 5.74) is 5.28. The van der Waals surface area contributed by atoms with E-state index in [9.17, 15) is 0 Å². The summed E-state index contributed by atoms with van der Waals surface area (Å²) in [5.74, 6) is 5.31. The molecule has 4 nitrogen and oxygen atoms in total. The maximum atomic E-state index is 5.31. The normalized spacial score (nSPS) is 9.79. The molecule has 4 heteroatoms. The second kappa shape index (κ2) is 3.85. The summed E-state index contributed by atoms with van der Waals surface area (Å²) in [7, 11) is 0. The Morgan fingerprint density at radius 3 is 2.79 bits per heavy atom. The Morgan fingerprint density at radius 2 is 2.07 bits per heavy atom. The predicted octanol–water partition coefficient (Wildman–Crippen LogP) is 1.43. The van der Waals surface area contributed by atoms with Crippen molar-refractivity contribution in [1.82, 2.24) is 10.2 Å². The number of hydrazine groups is 1. The average molecular weight is 186 g/mol. The summed E-state index contributed by atoms with van der Waals surface area (Å²) < 4.78 is 0. The molecule has 0 fully saturated rings. The van der Waals surface area contributed by atoms with Crippen LogP contribution >= 0.6 is 0 Å². The Balaban J connectivity index is 2.42. The maximum absolute atomic E-state index is 5.31. The van der Waals surface area contributed by atoms with Gasteiger partial charge in [-0.25, -0.2) is 0 Å². The molecule has 0 saturated heterocycles. The van der Waals surface area contributed by atoms with E-state index in [1.807, 2.05) is 36.4 Å². The minimum atomic E-state index is 0.838. The first-order chi connectivity index (χ1) is 6.90. The largest absolute Gasteiger partial charge is 0.324 e. The van der Waals surface area contributed by atoms with Crippen molar-refractivity contribution in [3.8, 4) is 11.3 Å². The number of benzene rings is 1. The fraction of sp³-hybridized carbons (Fsp3) is 0. The van der Waals surface area contributed by atoms with E-state index in [4.69, 9.17) is 5.84 Å². The number of nitrogens with two attached hydrogens (primary N) is 1. The standard InChI is InChI=1S/C10H10N4/c11-13-9-4-1-3-8(7-9)10-5-2-6-12-14-10/h1-7,13H,11H2. The van der Waals surface area contributed by atoms with Crippen LogP contribution in [0.2, 0.25) is 0 Å². The minimum Gasteiger partial charge on any atom is -0.324 e. The Kier molecular flexibility index (Phi) is 2.38. The molecule has 0 spiro atoms. The second-order valence-corrected chi connectivity index (χ2v) is 2.83. The van der Waals surface area contributed by atoms with Gasteiger partial charge in [-0.15, -0.1) is 0 Å². The third-order valence-electron chi connectivity index (χ3n) is 1.90. The van der Waals surface area contributed by atoms with Gasteiger partial charge in [0.1, 0.15) is 0 Å². The van der Waals surface area contributed by atoms with Crippen molar-refractivity contribution in [3.63, 3.8) is 0 Å². The van der Waals surface area contributed by atoms with Crippen molar-refractivity contribution in [2.45, 2.75) is 0 Å². The molecular formula is C10H10N4. The number of anilines is 1. The molecule has 0 amide bonds. The van der Waals surface area contributed by atoms with Crippen LogP contribution in [0.15, 0.2) is 42.6 Å². The number of aromatic nitrogens is 2. The topological polar surface area (TPSA) is 63.8 Å². The van der Waals surface area contributed by atoms with Crippen LogP contribution < -0.4 is 11.3 Å². The predicted molar refractivity (Wildman–Crippen MR) is 55.3 cm³/mol. The van der Waals surface area contributed by atoms with Gasteiger partial charge in [0.2, 0.25) is 0 Å². The van der Waals surface area contributed by atoms with E-state index in [1.165, 1.54) is 0 Å². The van der Waals surface area contributed by atoms with Crippen molar-refractivity contribution in [3.05, 3.63) is 42.6 Å². The van der Waals surface area contributed by atoms with E-state index in [2.05, 4.69) is 15.6 Å². The molecule has 70 valence electrons. The molecule has 0 bridgehead atoms. The molecule has 0 radical (unpaired) electrons. The third-order valence-corrected chi connectivity index (χ3v) is 1.90. The first-order valence-corrected chi connectivity index (χ1v) is 4.25. The highest BCUT2D eigenvalue weighted by molar-refractivity contribution is 5.64. The van der Waals surface area contributed by atoms with E-state index in [0.717, 1.165) is 16.9 Å². The van der Waals surface area contributed by atoms with Crippen LogP contribution in [-0.2, 0) is 0 Å². The molecule has 0 saturated carbocycles. The van der Waals surface area contributed by atoms with Gasteiger partial charge in [0.05, 0.1) is 5.69 Å². The summed E-state index contributed by atoms with van der Waals surface area (Å²) in [4.78, 5) is 0. The molecule has 0 aliphatic heterocycles. The number of hydrogen-bond donors (Lipinski definition) is 2. The Bertz CT molecular complexity index is 413. The van der Waals surface area contributed by atoms with Gasteiger partial charge in [-0.3, -0.25) is 5.84 Å². The highest BCUT2D eigenvalue weighted by Crippen LogP contribution is 2.18. The molecule has 0 aliphatic rings. The number of rotatable bonds is 2. The number of nitrogen functional groups attached to an aromatic ring is 1. The summed E-state index contributed by atoms with van der Waals surface area (Å²) in [6, 6.07) is 11.4. The van der Waals surface area contributed by atoms with E-state index >= 15 is 0 Å². The Hall–Kier alpha value is -1.94. The molecule has 2 rings (SSSR count). The van der Waals surface area contributed by atoms with Gasteiger partial charge in [0, 0.05) is 17.4 Å². The highest BCUT2D eigenvalue weighted by Gasteiger charge is 1.98. The SMILES string of the molecule is NNc1cccc(-c2cccnn2)c1. The van der Waals surface area contributed by atoms with Crippen LogP contribution in [0.5, 0.6) is 0 Å². The minimum absolute atomic E-state index is 0.838. The molecule has 1 aromatic carbocycles. The van der Waals surface area contributed by atoms with Crippen LogP contribution in [-0.4, -0.2) is 10.2 Å². The molecule has 0 aliphatic carbocycles. The molecule has 14 heavy (non-hydrogen) atoms. The van der Waals surface area contributed by atoms with Gasteiger partial charge >= 0.3 is 0 Å². The van der Waals surface area contributed by atoms with Crippen molar-refractivity contribution < 1.29 is 0 Å². The van der Waals surface area contributed by atoms with E-state index < -0.39 is 0 Å². The van der Waals surface area contributed by atoms with Crippen LogP contribution in [0, 0.1) is 0 Å². The number of nitrogens with zero attached hydrogens (tertiary/aromatic N) is 2. The molecule has 1 heterocycles. The summed E-state index contributed by atoms with van der Waals surface area (Å²) >= 11 is 0. The first kappa shape index (κ1) is 8.65. The van der Waals surface area contributed by atoms with Gasteiger partial charge in [-0.1, -0.05) is 12.1 Å². The van der Waals surface area contributed by atoms with Crippen LogP contribution in [0.4, 0.5) is 5.69 Å². The average Bonchev–Trinajstić information content (AvgIpc) is 2.30. The van der Waals surface area contributed by atoms with Gasteiger partial charge < -0.3 is 5.43 Å². The zero-order valence-corrected chi connectivity index (χ0v) is 7.51. The lowest BCUT2D eigenvalue weighted by atomic mass is 10.1. The monoisotopic (exact) mass is 186 g/mol. The molecule has 0 unspecified atom stereocenters. The van der Waals surface area contributed by atoms with Crippen LogP contribution in [0.3, 0.4) is 0 Å². The quantitative estimate of drug-likeness (QED) is 0.550. The zero-order valence-electron chi connectivity index (χ0n) is 7.51. The lowest BCUT2D eigenvalue weighted by molar-refractivity contribution is 1.04. The summed E-state index contributed by atoms with van der Waals surface area (Å²) in [5, 5.41) is 7.82. The molecule has 1 aromatic heterocycles. The van der Waals surface area contributed by atoms with Gasteiger partial charge in [-0.2, -0.15) is 10.2 Å². The van der Waals surface area contributed by atoms with E-state index in [0.29, 0.717) is 0 Å². The molecule has 3 N–H and O–H groups in total. The van der Waals surface area contributed by atoms with Gasteiger partial charge in [0.15, 0.2) is 0 Å². The van der Waals surface area contributed by atoms with E-state index in [1.54, 1.807) is 6.20 Å². The first-order valence-electron chi connectivity index (χ1n) is 4.25. The fourth-order valence-electron chi connectivity index (χ4n) is 1.22. The van der Waals surface area contributed by atoms with Crippen LogP contribution in [0.1, 0.15) is 0 Å². The van der Waals surface area contributed by atoms with E-state index in [-0.39, 0.29) is 0 Å².